The molecular formula is C23H42N4O4. The Kier molecular flexibility index (Phi) is 10.2. The van der Waals surface area contributed by atoms with E-state index in [1.54, 1.807) is 9.80 Å². The number of amides is 3. The van der Waals surface area contributed by atoms with Crippen LogP contribution >= 0.6 is 0 Å². The van der Waals surface area contributed by atoms with Crippen LogP contribution in [0, 0.1) is 11.8 Å². The zero-order chi connectivity index (χ0) is 23.0. The molecule has 8 heteroatoms. The van der Waals surface area contributed by atoms with Crippen molar-refractivity contribution in [1.82, 2.24) is 20.0 Å². The van der Waals surface area contributed by atoms with Gasteiger partial charge < -0.3 is 24.8 Å². The fraction of sp³-hybridized carbons (Fsp3) is 0.870. The second kappa shape index (κ2) is 12.4. The molecule has 1 N–H and O–H groups in total. The van der Waals surface area contributed by atoms with E-state index < -0.39 is 6.10 Å². The minimum absolute atomic E-state index is 0.00916. The molecule has 0 saturated carbocycles. The lowest BCUT2D eigenvalue weighted by Gasteiger charge is -2.41. The normalized spacial score (nSPS) is 25.5. The molecule has 4 saturated heterocycles. The first-order chi connectivity index (χ1) is 14.8. The maximum Gasteiger partial charge on any atom is 0.256 e. The summed E-state index contributed by atoms with van der Waals surface area (Å²) in [5.74, 6) is 1.06. The molecule has 3 amide bonds. The van der Waals surface area contributed by atoms with Crippen molar-refractivity contribution in [2.45, 2.75) is 72.6 Å². The summed E-state index contributed by atoms with van der Waals surface area (Å²) < 4.78 is 5.06. The number of carbonyl (C=O) groups excluding carboxylic acids is 3. The Morgan fingerprint density at radius 2 is 1.65 bits per heavy atom. The van der Waals surface area contributed by atoms with Crippen LogP contribution in [0.15, 0.2) is 0 Å². The van der Waals surface area contributed by atoms with Gasteiger partial charge in [0, 0.05) is 6.54 Å². The van der Waals surface area contributed by atoms with Crippen molar-refractivity contribution in [1.29, 1.82) is 0 Å². The molecule has 2 atom stereocenters. The quantitative estimate of drug-likeness (QED) is 0.675. The third-order valence-electron chi connectivity index (χ3n) is 5.72. The Labute approximate surface area is 187 Å². The number of epoxide rings is 1. The summed E-state index contributed by atoms with van der Waals surface area (Å²) in [4.78, 5) is 41.8. The lowest BCUT2D eigenvalue weighted by Crippen LogP contribution is -2.60. The highest BCUT2D eigenvalue weighted by Crippen LogP contribution is 2.26. The second-order valence-electron chi connectivity index (χ2n) is 9.51. The van der Waals surface area contributed by atoms with Gasteiger partial charge in [0.25, 0.3) is 5.91 Å². The zero-order valence-electron chi connectivity index (χ0n) is 20.1. The van der Waals surface area contributed by atoms with Crippen molar-refractivity contribution in [3.63, 3.8) is 0 Å². The molecule has 178 valence electrons. The van der Waals surface area contributed by atoms with Gasteiger partial charge in [-0.1, -0.05) is 47.5 Å². The average molecular weight is 439 g/mol. The molecule has 4 heterocycles. The number of hydrogen-bond acceptors (Lipinski definition) is 5. The summed E-state index contributed by atoms with van der Waals surface area (Å²) in [6, 6.07) is 0. The molecule has 8 nitrogen and oxygen atoms in total. The molecule has 4 fully saturated rings. The minimum atomic E-state index is -0.391. The maximum absolute atomic E-state index is 12.4. The smallest absolute Gasteiger partial charge is 0.256 e. The van der Waals surface area contributed by atoms with E-state index in [-0.39, 0.29) is 37.0 Å². The van der Waals surface area contributed by atoms with Crippen molar-refractivity contribution in [2.75, 3.05) is 45.9 Å². The fourth-order valence-electron chi connectivity index (χ4n) is 3.76. The van der Waals surface area contributed by atoms with Crippen molar-refractivity contribution >= 4 is 17.7 Å². The number of piperidine rings is 1. The summed E-state index contributed by atoms with van der Waals surface area (Å²) in [6.45, 7) is 14.6. The average Bonchev–Trinajstić information content (AvgIpc) is 3.54. The summed E-state index contributed by atoms with van der Waals surface area (Å²) >= 11 is 0. The number of nitrogens with zero attached hydrogens (tertiary/aromatic N) is 3. The highest BCUT2D eigenvalue weighted by Gasteiger charge is 2.49. The number of carbonyl (C=O) groups is 3. The molecule has 0 bridgehead atoms. The Bertz CT molecular complexity index is 598. The van der Waals surface area contributed by atoms with E-state index in [0.29, 0.717) is 19.1 Å². The Morgan fingerprint density at radius 1 is 1.06 bits per heavy atom. The summed E-state index contributed by atoms with van der Waals surface area (Å²) in [6.07, 6.45) is 4.06. The highest BCUT2D eigenvalue weighted by molar-refractivity contribution is 5.94. The standard InChI is InChI=1S/C15H22N4O4.2C4H10/c20-13-7-18-12(6-17(13)5-10-1-3-16-4-2-10)19(8-14(18)21)15(22)11-9-23-11;1-4(2)3;1-3-4-2/h10-12,16H,1-9H2;4H,1-3H3;3-4H2,1-2H3. The van der Waals surface area contributed by atoms with Crippen LogP contribution in [-0.4, -0.2) is 90.6 Å². The van der Waals surface area contributed by atoms with E-state index >= 15 is 0 Å². The monoisotopic (exact) mass is 438 g/mol. The molecule has 0 aromatic heterocycles. The zero-order valence-corrected chi connectivity index (χ0v) is 20.1. The highest BCUT2D eigenvalue weighted by atomic mass is 16.6. The first kappa shape index (κ1) is 25.6. The van der Waals surface area contributed by atoms with E-state index in [9.17, 15) is 14.4 Å². The molecule has 0 aromatic carbocycles. The molecule has 0 radical (unpaired) electrons. The number of rotatable bonds is 4. The van der Waals surface area contributed by atoms with E-state index in [4.69, 9.17) is 4.74 Å². The summed E-state index contributed by atoms with van der Waals surface area (Å²) in [5.41, 5.74) is 0. The SMILES string of the molecule is CC(C)C.CCCC.O=C1CN2C(=O)CN(C(=O)C3CO3)C2CN1CC1CCNCC1. The first-order valence-corrected chi connectivity index (χ1v) is 12.0. The molecule has 4 rings (SSSR count). The van der Waals surface area contributed by atoms with Crippen LogP contribution in [-0.2, 0) is 19.1 Å². The van der Waals surface area contributed by atoms with Gasteiger partial charge in [0.05, 0.1) is 13.2 Å². The Morgan fingerprint density at radius 3 is 2.16 bits per heavy atom. The van der Waals surface area contributed by atoms with Crippen molar-refractivity contribution in [2.24, 2.45) is 11.8 Å². The van der Waals surface area contributed by atoms with Crippen LogP contribution in [0.4, 0.5) is 0 Å². The molecule has 31 heavy (non-hydrogen) atoms. The van der Waals surface area contributed by atoms with Gasteiger partial charge in [0.15, 0.2) is 6.10 Å². The van der Waals surface area contributed by atoms with Crippen molar-refractivity contribution in [3.8, 4) is 0 Å². The predicted octanol–water partition coefficient (Wildman–Crippen LogP) is 1.69. The van der Waals surface area contributed by atoms with Gasteiger partial charge in [-0.2, -0.15) is 0 Å². The fourth-order valence-corrected chi connectivity index (χ4v) is 3.76. The van der Waals surface area contributed by atoms with E-state index in [1.807, 2.05) is 4.90 Å². The van der Waals surface area contributed by atoms with Crippen LogP contribution < -0.4 is 5.32 Å². The van der Waals surface area contributed by atoms with E-state index in [1.165, 1.54) is 12.8 Å². The lowest BCUT2D eigenvalue weighted by atomic mass is 9.97. The van der Waals surface area contributed by atoms with Crippen LogP contribution in [0.5, 0.6) is 0 Å². The second-order valence-corrected chi connectivity index (χ2v) is 9.51. The van der Waals surface area contributed by atoms with Gasteiger partial charge in [0.1, 0.15) is 19.3 Å². The van der Waals surface area contributed by atoms with E-state index in [2.05, 4.69) is 39.9 Å². The summed E-state index contributed by atoms with van der Waals surface area (Å²) in [5, 5.41) is 3.32. The Hall–Kier alpha value is -1.67. The Balaban J connectivity index is 0.000000370. The maximum atomic E-state index is 12.4. The molecule has 0 aliphatic carbocycles. The summed E-state index contributed by atoms with van der Waals surface area (Å²) in [7, 11) is 0. The third kappa shape index (κ3) is 7.75. The van der Waals surface area contributed by atoms with Gasteiger partial charge in [0.2, 0.25) is 11.8 Å². The topological polar surface area (TPSA) is 85.5 Å². The number of ether oxygens (including phenoxy) is 1. The first-order valence-electron chi connectivity index (χ1n) is 12.0. The van der Waals surface area contributed by atoms with Crippen molar-refractivity contribution in [3.05, 3.63) is 0 Å². The third-order valence-corrected chi connectivity index (χ3v) is 5.72. The minimum Gasteiger partial charge on any atom is -0.363 e. The van der Waals surface area contributed by atoms with Gasteiger partial charge in [-0.05, 0) is 37.8 Å². The number of fused-ring (bicyclic) bond motifs is 1. The van der Waals surface area contributed by atoms with Gasteiger partial charge >= 0.3 is 0 Å². The number of unbranched alkanes of at least 4 members (excludes halogenated alkanes) is 1. The molecule has 4 aliphatic rings. The molecular weight excluding hydrogens is 396 g/mol. The van der Waals surface area contributed by atoms with E-state index in [0.717, 1.165) is 38.4 Å². The number of hydrogen-bond donors (Lipinski definition) is 1. The number of nitrogens with one attached hydrogen (secondary N) is 1. The van der Waals surface area contributed by atoms with Crippen molar-refractivity contribution < 1.29 is 19.1 Å². The predicted molar refractivity (Wildman–Crippen MR) is 120 cm³/mol. The van der Waals surface area contributed by atoms with Gasteiger partial charge in [-0.3, -0.25) is 14.4 Å². The van der Waals surface area contributed by atoms with Crippen LogP contribution in [0.25, 0.3) is 0 Å². The number of piperazine rings is 1. The van der Waals surface area contributed by atoms with Gasteiger partial charge in [-0.25, -0.2) is 0 Å². The van der Waals surface area contributed by atoms with Crippen LogP contribution in [0.2, 0.25) is 0 Å². The van der Waals surface area contributed by atoms with Gasteiger partial charge in [-0.15, -0.1) is 0 Å². The molecule has 2 unspecified atom stereocenters. The molecule has 0 aromatic rings. The van der Waals surface area contributed by atoms with Crippen LogP contribution in [0.1, 0.15) is 60.3 Å². The lowest BCUT2D eigenvalue weighted by molar-refractivity contribution is -0.149. The largest absolute Gasteiger partial charge is 0.363 e. The molecule has 4 aliphatic heterocycles. The van der Waals surface area contributed by atoms with Crippen LogP contribution in [0.3, 0.4) is 0 Å². The molecule has 0 spiro atoms.